The Hall–Kier alpha value is 0.710. The minimum atomic E-state index is -1.16. The molecule has 6 heteroatoms. The molecule has 0 aromatic rings. The molecular weight excluding hydrogens is 181 g/mol. The third kappa shape index (κ3) is 6.82. The molecule has 0 radical (unpaired) electrons. The first kappa shape index (κ1) is 13.3. The fraction of sp³-hybridized carbons (Fsp3) is 0.500. The van der Waals surface area contributed by atoms with Crippen LogP contribution in [0.1, 0.15) is 0 Å². The molecule has 3 nitrogen and oxygen atoms in total. The number of carbonyl (C=O) groups excluding carboxylic acids is 1. The number of carboxylic acids is 1. The molecule has 0 saturated heterocycles. The standard InChI is InChI=1S/C4H7NO2S2.Na/c1-5(4(8)9)2-3(6)7;/h2H2,1H3,(H,6,7)(H,8,9);/q;+1/p-1. The number of thiol groups is 1. The number of carbonyl (C=O) groups is 1. The average molecular weight is 187 g/mol. The summed E-state index contributed by atoms with van der Waals surface area (Å²) >= 11 is 8.27. The zero-order chi connectivity index (χ0) is 7.44. The van der Waals surface area contributed by atoms with Gasteiger partial charge in [-0.1, -0.05) is 12.2 Å². The Morgan fingerprint density at radius 3 is 2.30 bits per heavy atom. The van der Waals surface area contributed by atoms with Gasteiger partial charge in [-0.2, -0.15) is 0 Å². The topological polar surface area (TPSA) is 43.4 Å². The minimum absolute atomic E-state index is 0. The molecule has 0 aromatic heterocycles. The second-order valence-electron chi connectivity index (χ2n) is 1.51. The Labute approximate surface area is 92.5 Å². The van der Waals surface area contributed by atoms with E-state index < -0.39 is 5.97 Å². The molecule has 0 amide bonds. The maximum absolute atomic E-state index is 9.87. The molecule has 0 heterocycles. The Morgan fingerprint density at radius 1 is 1.80 bits per heavy atom. The molecule has 0 fully saturated rings. The largest absolute Gasteiger partial charge is 1.00 e. The van der Waals surface area contributed by atoms with E-state index in [1.165, 1.54) is 11.9 Å². The first-order valence-corrected chi connectivity index (χ1v) is 3.03. The molecule has 0 rings (SSSR count). The van der Waals surface area contributed by atoms with E-state index >= 15 is 0 Å². The van der Waals surface area contributed by atoms with Crippen molar-refractivity contribution in [2.24, 2.45) is 0 Å². The van der Waals surface area contributed by atoms with Crippen molar-refractivity contribution >= 4 is 35.1 Å². The van der Waals surface area contributed by atoms with Crippen LogP contribution in [-0.4, -0.2) is 28.8 Å². The fourth-order valence-corrected chi connectivity index (χ4v) is 0.397. The van der Waals surface area contributed by atoms with Crippen LogP contribution >= 0.6 is 24.8 Å². The van der Waals surface area contributed by atoms with Gasteiger partial charge in [0.1, 0.15) is 4.32 Å². The van der Waals surface area contributed by atoms with Gasteiger partial charge in [-0.05, 0) is 0 Å². The van der Waals surface area contributed by atoms with E-state index in [2.05, 4.69) is 24.8 Å². The number of likely N-dealkylation sites (N-methyl/N-ethyl adjacent to an activating group) is 1. The molecule has 52 valence electrons. The van der Waals surface area contributed by atoms with E-state index in [0.29, 0.717) is 0 Å². The summed E-state index contributed by atoms with van der Waals surface area (Å²) in [6, 6.07) is 0. The predicted octanol–water partition coefficient (Wildman–Crippen LogP) is -4.11. The summed E-state index contributed by atoms with van der Waals surface area (Å²) in [7, 11) is 1.53. The van der Waals surface area contributed by atoms with Crippen LogP contribution in [-0.2, 0) is 4.79 Å². The molecule has 0 aliphatic carbocycles. The molecule has 0 atom stereocenters. The summed E-state index contributed by atoms with van der Waals surface area (Å²) in [5, 5.41) is 9.87. The van der Waals surface area contributed by atoms with Crippen LogP contribution in [0.25, 0.3) is 0 Å². The van der Waals surface area contributed by atoms with Crippen molar-refractivity contribution in [1.82, 2.24) is 4.90 Å². The van der Waals surface area contributed by atoms with Gasteiger partial charge in [0, 0.05) is 7.05 Å². The number of nitrogens with zero attached hydrogens (tertiary/aromatic N) is 1. The monoisotopic (exact) mass is 187 g/mol. The van der Waals surface area contributed by atoms with Crippen LogP contribution in [0.5, 0.6) is 0 Å². The van der Waals surface area contributed by atoms with Crippen molar-refractivity contribution in [3.63, 3.8) is 0 Å². The number of rotatable bonds is 2. The third-order valence-electron chi connectivity index (χ3n) is 0.693. The molecule has 0 aromatic carbocycles. The number of thiocarbonyl (C=S) groups is 1. The summed E-state index contributed by atoms with van der Waals surface area (Å²) in [6.45, 7) is -0.206. The smallest absolute Gasteiger partial charge is 0.548 e. The van der Waals surface area contributed by atoms with Crippen LogP contribution in [0.15, 0.2) is 0 Å². The van der Waals surface area contributed by atoms with Gasteiger partial charge in [0.15, 0.2) is 0 Å². The summed E-state index contributed by atoms with van der Waals surface area (Å²) in [6.07, 6.45) is 0. The van der Waals surface area contributed by atoms with Gasteiger partial charge in [0.25, 0.3) is 0 Å². The molecule has 10 heavy (non-hydrogen) atoms. The number of hydrogen-bond donors (Lipinski definition) is 1. The zero-order valence-electron chi connectivity index (χ0n) is 5.83. The molecule has 0 aliphatic rings. The first-order chi connectivity index (χ1) is 4.04. The minimum Gasteiger partial charge on any atom is -0.548 e. The van der Waals surface area contributed by atoms with Crippen LogP contribution in [0.3, 0.4) is 0 Å². The third-order valence-corrected chi connectivity index (χ3v) is 1.35. The average Bonchev–Trinajstić information content (AvgIpc) is 1.63. The van der Waals surface area contributed by atoms with Crippen molar-refractivity contribution in [2.75, 3.05) is 13.6 Å². The van der Waals surface area contributed by atoms with E-state index in [1.807, 2.05) is 0 Å². The van der Waals surface area contributed by atoms with Crippen LogP contribution < -0.4 is 34.7 Å². The van der Waals surface area contributed by atoms with Crippen molar-refractivity contribution in [2.45, 2.75) is 0 Å². The maximum atomic E-state index is 9.87. The van der Waals surface area contributed by atoms with Gasteiger partial charge in [0.2, 0.25) is 0 Å². The van der Waals surface area contributed by atoms with Gasteiger partial charge >= 0.3 is 29.6 Å². The summed E-state index contributed by atoms with van der Waals surface area (Å²) in [5.74, 6) is -1.16. The molecule has 0 aliphatic heterocycles. The summed E-state index contributed by atoms with van der Waals surface area (Å²) < 4.78 is 0.249. The van der Waals surface area contributed by atoms with Crippen molar-refractivity contribution < 1.29 is 39.5 Å². The Kier molecular flexibility index (Phi) is 8.55. The van der Waals surface area contributed by atoms with E-state index in [0.717, 1.165) is 0 Å². The number of hydrogen-bond acceptors (Lipinski definition) is 3. The normalized spacial score (nSPS) is 7.80. The molecule has 0 saturated carbocycles. The molecular formula is C4H6NNaO2S2. The summed E-state index contributed by atoms with van der Waals surface area (Å²) in [4.78, 5) is 11.2. The molecule has 0 spiro atoms. The Morgan fingerprint density at radius 2 is 2.20 bits per heavy atom. The van der Waals surface area contributed by atoms with Gasteiger partial charge < -0.3 is 14.8 Å². The Bertz CT molecular complexity index is 141. The van der Waals surface area contributed by atoms with Crippen molar-refractivity contribution in [1.29, 1.82) is 0 Å². The molecule has 0 unspecified atom stereocenters. The summed E-state index contributed by atoms with van der Waals surface area (Å²) in [5.41, 5.74) is 0. The van der Waals surface area contributed by atoms with Gasteiger partial charge in [0.05, 0.1) is 12.5 Å². The number of aliphatic carboxylic acids is 1. The fourth-order valence-electron chi connectivity index (χ4n) is 0.261. The van der Waals surface area contributed by atoms with Crippen LogP contribution in [0, 0.1) is 0 Å². The number of carboxylic acid groups (broad SMARTS) is 1. The van der Waals surface area contributed by atoms with E-state index in [9.17, 15) is 9.90 Å². The first-order valence-electron chi connectivity index (χ1n) is 2.18. The zero-order valence-corrected chi connectivity index (χ0v) is 9.54. The van der Waals surface area contributed by atoms with E-state index in [1.54, 1.807) is 0 Å². The second-order valence-corrected chi connectivity index (χ2v) is 2.62. The van der Waals surface area contributed by atoms with Gasteiger partial charge in [-0.3, -0.25) is 0 Å². The van der Waals surface area contributed by atoms with Crippen molar-refractivity contribution in [3.8, 4) is 0 Å². The SMILES string of the molecule is CN(CC(=O)[O-])C(=S)S.[Na+]. The second kappa shape index (κ2) is 6.42. The van der Waals surface area contributed by atoms with Crippen LogP contribution in [0.2, 0.25) is 0 Å². The molecule has 0 N–H and O–H groups in total. The maximum Gasteiger partial charge on any atom is 1.00 e. The van der Waals surface area contributed by atoms with E-state index in [-0.39, 0.29) is 40.4 Å². The van der Waals surface area contributed by atoms with E-state index in [4.69, 9.17) is 0 Å². The Balaban J connectivity index is 0. The van der Waals surface area contributed by atoms with Gasteiger partial charge in [-0.25, -0.2) is 0 Å². The quantitative estimate of drug-likeness (QED) is 0.271. The van der Waals surface area contributed by atoms with Crippen molar-refractivity contribution in [3.05, 3.63) is 0 Å². The van der Waals surface area contributed by atoms with Crippen LogP contribution in [0.4, 0.5) is 0 Å². The van der Waals surface area contributed by atoms with Gasteiger partial charge in [-0.15, -0.1) is 12.6 Å². The predicted molar refractivity (Wildman–Crippen MR) is 39.2 cm³/mol. The molecule has 0 bridgehead atoms.